The molecule has 0 amide bonds. The highest BCUT2D eigenvalue weighted by atomic mass is 19.1. The second-order valence-corrected chi connectivity index (χ2v) is 4.62. The first-order valence-electron chi connectivity index (χ1n) is 5.86. The molecule has 2 aromatic carbocycles. The minimum absolute atomic E-state index is 0.256. The Bertz CT molecular complexity index is 615. The second kappa shape index (κ2) is 4.73. The first-order valence-corrected chi connectivity index (χ1v) is 5.86. The molecule has 0 bridgehead atoms. The molecule has 0 aromatic heterocycles. The third kappa shape index (κ3) is 2.19. The fourth-order valence-electron chi connectivity index (χ4n) is 2.29. The van der Waals surface area contributed by atoms with Gasteiger partial charge >= 0.3 is 0 Å². The van der Waals surface area contributed by atoms with Gasteiger partial charge in [-0.05, 0) is 55.2 Å². The van der Waals surface area contributed by atoms with Crippen LogP contribution in [0.2, 0.25) is 0 Å². The van der Waals surface area contributed by atoms with Gasteiger partial charge in [0.05, 0.1) is 0 Å². The lowest BCUT2D eigenvalue weighted by atomic mass is 9.92. The minimum atomic E-state index is -0.256. The van der Waals surface area contributed by atoms with Crippen molar-refractivity contribution in [1.82, 2.24) is 0 Å². The smallest absolute Gasteiger partial charge is 0.150 e. The highest BCUT2D eigenvalue weighted by Crippen LogP contribution is 2.29. The third-order valence-corrected chi connectivity index (χ3v) is 3.13. The van der Waals surface area contributed by atoms with Gasteiger partial charge in [0.1, 0.15) is 5.82 Å². The van der Waals surface area contributed by atoms with Gasteiger partial charge in [-0.3, -0.25) is 4.79 Å². The standard InChI is InChI=1S/C16H15FO/c1-10-6-11(2)16(9-18)15(7-10)14-5-4-13(17)8-12(14)3/h4-9H,1-3H3. The summed E-state index contributed by atoms with van der Waals surface area (Å²) in [7, 11) is 0. The molecule has 0 aliphatic carbocycles. The van der Waals surface area contributed by atoms with Gasteiger partial charge in [0.15, 0.2) is 6.29 Å². The molecule has 0 spiro atoms. The molecule has 0 aliphatic rings. The average molecular weight is 242 g/mol. The summed E-state index contributed by atoms with van der Waals surface area (Å²) in [6.07, 6.45) is 0.868. The van der Waals surface area contributed by atoms with Crippen molar-refractivity contribution in [3.05, 3.63) is 58.4 Å². The molecule has 2 rings (SSSR count). The molecule has 0 radical (unpaired) electrons. The van der Waals surface area contributed by atoms with E-state index in [1.807, 2.05) is 32.9 Å². The van der Waals surface area contributed by atoms with E-state index in [1.54, 1.807) is 6.07 Å². The Labute approximate surface area is 106 Å². The monoisotopic (exact) mass is 242 g/mol. The Balaban J connectivity index is 2.73. The molecule has 2 heteroatoms. The van der Waals surface area contributed by atoms with Gasteiger partial charge in [-0.25, -0.2) is 4.39 Å². The molecule has 0 saturated carbocycles. The summed E-state index contributed by atoms with van der Waals surface area (Å²) in [6.45, 7) is 5.76. The van der Waals surface area contributed by atoms with E-state index >= 15 is 0 Å². The zero-order valence-electron chi connectivity index (χ0n) is 10.8. The lowest BCUT2D eigenvalue weighted by Gasteiger charge is -2.12. The second-order valence-electron chi connectivity index (χ2n) is 4.62. The van der Waals surface area contributed by atoms with E-state index in [4.69, 9.17) is 0 Å². The van der Waals surface area contributed by atoms with Crippen LogP contribution in [0.5, 0.6) is 0 Å². The van der Waals surface area contributed by atoms with E-state index in [0.29, 0.717) is 5.56 Å². The van der Waals surface area contributed by atoms with Crippen molar-refractivity contribution in [3.63, 3.8) is 0 Å². The van der Waals surface area contributed by atoms with Crippen LogP contribution in [0.1, 0.15) is 27.0 Å². The van der Waals surface area contributed by atoms with E-state index < -0.39 is 0 Å². The zero-order valence-corrected chi connectivity index (χ0v) is 10.8. The number of halogens is 1. The maximum absolute atomic E-state index is 13.1. The fraction of sp³-hybridized carbons (Fsp3) is 0.188. The molecule has 0 aliphatic heterocycles. The number of carbonyl (C=O) groups excluding carboxylic acids is 1. The molecule has 0 N–H and O–H groups in total. The summed E-state index contributed by atoms with van der Waals surface area (Å²) < 4.78 is 13.1. The number of aryl methyl sites for hydroxylation is 3. The number of hydrogen-bond acceptors (Lipinski definition) is 1. The van der Waals surface area contributed by atoms with E-state index in [1.165, 1.54) is 12.1 Å². The van der Waals surface area contributed by atoms with Crippen molar-refractivity contribution >= 4 is 6.29 Å². The first-order chi connectivity index (χ1) is 8.52. The summed E-state index contributed by atoms with van der Waals surface area (Å²) in [4.78, 5) is 11.2. The lowest BCUT2D eigenvalue weighted by molar-refractivity contribution is 0.112. The predicted molar refractivity (Wildman–Crippen MR) is 71.4 cm³/mol. The van der Waals surface area contributed by atoms with Crippen LogP contribution in [-0.4, -0.2) is 6.29 Å². The molecule has 1 nitrogen and oxygen atoms in total. The number of aldehydes is 1. The van der Waals surface area contributed by atoms with E-state index in [0.717, 1.165) is 34.1 Å². The molecule has 0 heterocycles. The van der Waals surface area contributed by atoms with Gasteiger partial charge in [-0.15, -0.1) is 0 Å². The van der Waals surface area contributed by atoms with Gasteiger partial charge < -0.3 is 0 Å². The molecule has 2 aromatic rings. The zero-order chi connectivity index (χ0) is 13.3. The van der Waals surface area contributed by atoms with Crippen LogP contribution in [0.4, 0.5) is 4.39 Å². The fourth-order valence-corrected chi connectivity index (χ4v) is 2.29. The third-order valence-electron chi connectivity index (χ3n) is 3.13. The average Bonchev–Trinajstić information content (AvgIpc) is 2.28. The topological polar surface area (TPSA) is 17.1 Å². The van der Waals surface area contributed by atoms with Gasteiger partial charge in [0.2, 0.25) is 0 Å². The normalized spacial score (nSPS) is 10.4. The molecule has 92 valence electrons. The summed E-state index contributed by atoms with van der Waals surface area (Å²) in [5, 5.41) is 0. The van der Waals surface area contributed by atoms with Gasteiger partial charge in [-0.2, -0.15) is 0 Å². The highest BCUT2D eigenvalue weighted by molar-refractivity contribution is 5.90. The van der Waals surface area contributed by atoms with Crippen LogP contribution in [0.3, 0.4) is 0 Å². The van der Waals surface area contributed by atoms with Crippen LogP contribution in [-0.2, 0) is 0 Å². The first kappa shape index (κ1) is 12.5. The van der Waals surface area contributed by atoms with E-state index in [-0.39, 0.29) is 5.82 Å². The van der Waals surface area contributed by atoms with Crippen molar-refractivity contribution in [2.24, 2.45) is 0 Å². The number of hydrogen-bond donors (Lipinski definition) is 0. The minimum Gasteiger partial charge on any atom is -0.298 e. The van der Waals surface area contributed by atoms with Gasteiger partial charge in [-0.1, -0.05) is 23.8 Å². The molecule has 0 fully saturated rings. The van der Waals surface area contributed by atoms with Crippen molar-refractivity contribution in [2.75, 3.05) is 0 Å². The maximum Gasteiger partial charge on any atom is 0.150 e. The van der Waals surface area contributed by atoms with Crippen molar-refractivity contribution in [2.45, 2.75) is 20.8 Å². The summed E-state index contributed by atoms with van der Waals surface area (Å²) >= 11 is 0. The van der Waals surface area contributed by atoms with Crippen LogP contribution in [0.25, 0.3) is 11.1 Å². The predicted octanol–water partition coefficient (Wildman–Crippen LogP) is 4.23. The molecular weight excluding hydrogens is 227 g/mol. The maximum atomic E-state index is 13.1. The summed E-state index contributed by atoms with van der Waals surface area (Å²) in [6, 6.07) is 8.59. The highest BCUT2D eigenvalue weighted by Gasteiger charge is 2.11. The van der Waals surface area contributed by atoms with Gasteiger partial charge in [0.25, 0.3) is 0 Å². The molecule has 0 saturated heterocycles. The quantitative estimate of drug-likeness (QED) is 0.720. The van der Waals surface area contributed by atoms with Crippen LogP contribution >= 0.6 is 0 Å². The Morgan fingerprint density at radius 2 is 1.67 bits per heavy atom. The number of carbonyl (C=O) groups is 1. The number of rotatable bonds is 2. The van der Waals surface area contributed by atoms with Crippen LogP contribution in [0.15, 0.2) is 30.3 Å². The lowest BCUT2D eigenvalue weighted by Crippen LogP contribution is -1.95. The molecule has 0 unspecified atom stereocenters. The van der Waals surface area contributed by atoms with Crippen LogP contribution in [0, 0.1) is 26.6 Å². The van der Waals surface area contributed by atoms with Gasteiger partial charge in [0, 0.05) is 5.56 Å². The number of benzene rings is 2. The summed E-state index contributed by atoms with van der Waals surface area (Å²) in [5.41, 5.74) is 5.34. The molecular formula is C16H15FO. The van der Waals surface area contributed by atoms with Crippen molar-refractivity contribution in [3.8, 4) is 11.1 Å². The van der Waals surface area contributed by atoms with Crippen molar-refractivity contribution in [1.29, 1.82) is 0 Å². The largest absolute Gasteiger partial charge is 0.298 e. The van der Waals surface area contributed by atoms with E-state index in [9.17, 15) is 9.18 Å². The van der Waals surface area contributed by atoms with Crippen molar-refractivity contribution < 1.29 is 9.18 Å². The Hall–Kier alpha value is -1.96. The van der Waals surface area contributed by atoms with Crippen LogP contribution < -0.4 is 0 Å². The molecule has 18 heavy (non-hydrogen) atoms. The SMILES string of the molecule is Cc1cc(C)c(C=O)c(-c2ccc(F)cc2C)c1. The Morgan fingerprint density at radius 3 is 2.28 bits per heavy atom. The molecule has 0 atom stereocenters. The summed E-state index contributed by atoms with van der Waals surface area (Å²) in [5.74, 6) is -0.256. The Morgan fingerprint density at radius 1 is 0.944 bits per heavy atom. The Kier molecular flexibility index (Phi) is 3.28. The van der Waals surface area contributed by atoms with E-state index in [2.05, 4.69) is 0 Å².